The van der Waals surface area contributed by atoms with Gasteiger partial charge in [-0.1, -0.05) is 0 Å². The summed E-state index contributed by atoms with van der Waals surface area (Å²) in [6.45, 7) is 1.68. The van der Waals surface area contributed by atoms with Gasteiger partial charge in [0.1, 0.15) is 4.90 Å². The fourth-order valence-electron chi connectivity index (χ4n) is 1.44. The molecular weight excluding hydrogens is 290 g/mol. The van der Waals surface area contributed by atoms with Crippen LogP contribution < -0.4 is 4.72 Å². The van der Waals surface area contributed by atoms with Crippen LogP contribution in [0.25, 0.3) is 0 Å². The van der Waals surface area contributed by atoms with Crippen molar-refractivity contribution < 1.29 is 13.2 Å². The Kier molecular flexibility index (Phi) is 5.09. The van der Waals surface area contributed by atoms with Gasteiger partial charge in [-0.3, -0.25) is 0 Å². The monoisotopic (exact) mass is 305 g/mol. The molecule has 0 aromatic carbocycles. The SMILES string of the molecule is O=S(=O)(NCCCOCC1CC1)c1cnc(Cl)nc1. The summed E-state index contributed by atoms with van der Waals surface area (Å²) in [5.41, 5.74) is 0. The fourth-order valence-corrected chi connectivity index (χ4v) is 2.50. The fraction of sp³-hybridized carbons (Fsp3) is 0.636. The molecule has 0 bridgehead atoms. The molecule has 1 aromatic rings. The molecule has 0 saturated heterocycles. The number of sulfonamides is 1. The Labute approximate surface area is 117 Å². The molecular formula is C11H16ClN3O3S. The molecule has 106 valence electrons. The van der Waals surface area contributed by atoms with E-state index in [9.17, 15) is 8.42 Å². The number of halogens is 1. The molecule has 2 rings (SSSR count). The molecule has 19 heavy (non-hydrogen) atoms. The van der Waals surface area contributed by atoms with Gasteiger partial charge in [-0.2, -0.15) is 0 Å². The van der Waals surface area contributed by atoms with Crippen LogP contribution in [0.1, 0.15) is 19.3 Å². The average Bonchev–Trinajstić information content (AvgIpc) is 3.18. The van der Waals surface area contributed by atoms with Crippen molar-refractivity contribution in [3.8, 4) is 0 Å². The zero-order valence-electron chi connectivity index (χ0n) is 10.4. The Hall–Kier alpha value is -0.760. The maximum Gasteiger partial charge on any atom is 0.243 e. The smallest absolute Gasteiger partial charge is 0.243 e. The van der Waals surface area contributed by atoms with Crippen LogP contribution in [0, 0.1) is 5.92 Å². The predicted octanol–water partition coefficient (Wildman–Crippen LogP) is 1.22. The summed E-state index contributed by atoms with van der Waals surface area (Å²) in [6, 6.07) is 0. The van der Waals surface area contributed by atoms with Gasteiger partial charge in [-0.05, 0) is 36.8 Å². The van der Waals surface area contributed by atoms with Gasteiger partial charge in [0.25, 0.3) is 0 Å². The molecule has 0 unspecified atom stereocenters. The number of aromatic nitrogens is 2. The van der Waals surface area contributed by atoms with Crippen LogP contribution in [-0.2, 0) is 14.8 Å². The number of nitrogens with one attached hydrogen (secondary N) is 1. The third kappa shape index (κ3) is 5.02. The lowest BCUT2D eigenvalue weighted by atomic mass is 10.4. The molecule has 0 radical (unpaired) electrons. The molecule has 1 aliphatic carbocycles. The van der Waals surface area contributed by atoms with E-state index in [2.05, 4.69) is 14.7 Å². The van der Waals surface area contributed by atoms with Gasteiger partial charge in [-0.25, -0.2) is 23.1 Å². The Morgan fingerprint density at radius 1 is 1.37 bits per heavy atom. The lowest BCUT2D eigenvalue weighted by Crippen LogP contribution is -2.26. The quantitative estimate of drug-likeness (QED) is 0.577. The van der Waals surface area contributed by atoms with Crippen molar-refractivity contribution in [2.75, 3.05) is 19.8 Å². The van der Waals surface area contributed by atoms with Gasteiger partial charge in [0.05, 0.1) is 12.4 Å². The molecule has 1 aromatic heterocycles. The van der Waals surface area contributed by atoms with E-state index < -0.39 is 10.0 Å². The van der Waals surface area contributed by atoms with Gasteiger partial charge in [0.15, 0.2) is 0 Å². The highest BCUT2D eigenvalue weighted by Crippen LogP contribution is 2.28. The number of hydrogen-bond acceptors (Lipinski definition) is 5. The molecule has 0 spiro atoms. The molecule has 1 saturated carbocycles. The molecule has 0 amide bonds. The van der Waals surface area contributed by atoms with Gasteiger partial charge in [0.2, 0.25) is 15.3 Å². The van der Waals surface area contributed by atoms with E-state index >= 15 is 0 Å². The molecule has 0 aliphatic heterocycles. The van der Waals surface area contributed by atoms with Crippen molar-refractivity contribution in [1.82, 2.24) is 14.7 Å². The topological polar surface area (TPSA) is 81.2 Å². The summed E-state index contributed by atoms with van der Waals surface area (Å²) in [5.74, 6) is 0.725. The van der Waals surface area contributed by atoms with E-state index in [4.69, 9.17) is 16.3 Å². The maximum atomic E-state index is 11.8. The largest absolute Gasteiger partial charge is 0.381 e. The first-order valence-electron chi connectivity index (χ1n) is 6.13. The minimum atomic E-state index is -3.56. The zero-order valence-corrected chi connectivity index (χ0v) is 12.0. The van der Waals surface area contributed by atoms with E-state index in [0.717, 1.165) is 12.5 Å². The summed E-state index contributed by atoms with van der Waals surface area (Å²) in [4.78, 5) is 7.29. The highest BCUT2D eigenvalue weighted by atomic mass is 35.5. The van der Waals surface area contributed by atoms with Crippen molar-refractivity contribution in [2.45, 2.75) is 24.2 Å². The van der Waals surface area contributed by atoms with Crippen molar-refractivity contribution in [2.24, 2.45) is 5.92 Å². The summed E-state index contributed by atoms with van der Waals surface area (Å²) in [6.07, 6.45) is 5.51. The summed E-state index contributed by atoms with van der Waals surface area (Å²) in [7, 11) is -3.56. The molecule has 1 aliphatic rings. The van der Waals surface area contributed by atoms with Gasteiger partial charge in [0, 0.05) is 19.8 Å². The second-order valence-electron chi connectivity index (χ2n) is 4.46. The third-order valence-corrected chi connectivity index (χ3v) is 4.33. The summed E-state index contributed by atoms with van der Waals surface area (Å²) >= 11 is 5.50. The van der Waals surface area contributed by atoms with E-state index in [1.54, 1.807) is 0 Å². The van der Waals surface area contributed by atoms with Crippen LogP contribution in [0.2, 0.25) is 5.28 Å². The average molecular weight is 306 g/mol. The standard InChI is InChI=1S/C11H16ClN3O3S/c12-11-13-6-10(7-14-11)19(16,17)15-4-1-5-18-8-9-2-3-9/h6-7,9,15H,1-5,8H2. The minimum Gasteiger partial charge on any atom is -0.381 e. The predicted molar refractivity (Wildman–Crippen MR) is 70.4 cm³/mol. The normalized spacial score (nSPS) is 15.6. The van der Waals surface area contributed by atoms with Crippen molar-refractivity contribution in [1.29, 1.82) is 0 Å². The van der Waals surface area contributed by atoms with Crippen molar-refractivity contribution in [3.05, 3.63) is 17.7 Å². The Balaban J connectivity index is 1.69. The molecule has 1 N–H and O–H groups in total. The highest BCUT2D eigenvalue weighted by Gasteiger charge is 2.21. The van der Waals surface area contributed by atoms with Crippen molar-refractivity contribution >= 4 is 21.6 Å². The van der Waals surface area contributed by atoms with Crippen LogP contribution in [0.4, 0.5) is 0 Å². The van der Waals surface area contributed by atoms with E-state index in [1.807, 2.05) is 0 Å². The Bertz CT molecular complexity index is 502. The van der Waals surface area contributed by atoms with Crippen LogP contribution in [0.3, 0.4) is 0 Å². The van der Waals surface area contributed by atoms with Crippen LogP contribution in [0.5, 0.6) is 0 Å². The zero-order chi connectivity index (χ0) is 13.7. The number of nitrogens with zero attached hydrogens (tertiary/aromatic N) is 2. The lowest BCUT2D eigenvalue weighted by Gasteiger charge is -2.06. The van der Waals surface area contributed by atoms with Crippen LogP contribution >= 0.6 is 11.6 Å². The first-order valence-corrected chi connectivity index (χ1v) is 7.99. The first kappa shape index (κ1) is 14.6. The van der Waals surface area contributed by atoms with Gasteiger partial charge in [-0.15, -0.1) is 0 Å². The number of ether oxygens (including phenoxy) is 1. The molecule has 1 fully saturated rings. The summed E-state index contributed by atoms with van der Waals surface area (Å²) in [5, 5.41) is 0.0208. The second-order valence-corrected chi connectivity index (χ2v) is 6.56. The summed E-state index contributed by atoms with van der Waals surface area (Å²) < 4.78 is 31.5. The highest BCUT2D eigenvalue weighted by molar-refractivity contribution is 7.89. The lowest BCUT2D eigenvalue weighted by molar-refractivity contribution is 0.123. The second kappa shape index (κ2) is 6.60. The van der Waals surface area contributed by atoms with E-state index in [-0.39, 0.29) is 10.2 Å². The Morgan fingerprint density at radius 2 is 2.05 bits per heavy atom. The molecule has 0 atom stereocenters. The number of hydrogen-bond donors (Lipinski definition) is 1. The van der Waals surface area contributed by atoms with Crippen LogP contribution in [-0.4, -0.2) is 38.1 Å². The van der Waals surface area contributed by atoms with Gasteiger partial charge >= 0.3 is 0 Å². The Morgan fingerprint density at radius 3 is 2.68 bits per heavy atom. The van der Waals surface area contributed by atoms with E-state index in [1.165, 1.54) is 25.2 Å². The molecule has 8 heteroatoms. The number of rotatable bonds is 8. The minimum absolute atomic E-state index is 0.01000. The van der Waals surface area contributed by atoms with Crippen molar-refractivity contribution in [3.63, 3.8) is 0 Å². The maximum absolute atomic E-state index is 11.8. The van der Waals surface area contributed by atoms with Gasteiger partial charge < -0.3 is 4.74 Å². The molecule has 1 heterocycles. The third-order valence-electron chi connectivity index (χ3n) is 2.71. The van der Waals surface area contributed by atoms with E-state index in [0.29, 0.717) is 19.6 Å². The van der Waals surface area contributed by atoms with Crippen LogP contribution in [0.15, 0.2) is 17.3 Å². The first-order chi connectivity index (χ1) is 9.08. The molecule has 6 nitrogen and oxygen atoms in total.